The Morgan fingerprint density at radius 2 is 2.00 bits per heavy atom. The first-order chi connectivity index (χ1) is 9.50. The summed E-state index contributed by atoms with van der Waals surface area (Å²) in [4.78, 5) is 11.4. The average Bonchev–Trinajstić information content (AvgIpc) is 2.41. The first kappa shape index (κ1) is 14.9. The maximum Gasteiger partial charge on any atom is 0.249 e. The van der Waals surface area contributed by atoms with Gasteiger partial charge in [-0.25, -0.2) is 0 Å². The lowest BCUT2D eigenvalue weighted by molar-refractivity contribution is 0.0999. The van der Waals surface area contributed by atoms with Gasteiger partial charge in [-0.2, -0.15) is 0 Å². The van der Waals surface area contributed by atoms with E-state index in [-0.39, 0.29) is 5.91 Å². The molecule has 2 rings (SSSR count). The maximum atomic E-state index is 11.4. The van der Waals surface area contributed by atoms with Gasteiger partial charge in [0.15, 0.2) is 0 Å². The minimum absolute atomic E-state index is 0.352. The Morgan fingerprint density at radius 3 is 2.65 bits per heavy atom. The third kappa shape index (κ3) is 3.14. The number of benzene rings is 1. The van der Waals surface area contributed by atoms with E-state index >= 15 is 0 Å². The predicted octanol–water partition coefficient (Wildman–Crippen LogP) is 3.72. The lowest BCUT2D eigenvalue weighted by Gasteiger charge is -2.36. The summed E-state index contributed by atoms with van der Waals surface area (Å²) in [5.41, 5.74) is 8.06. The highest BCUT2D eigenvalue weighted by atomic mass is 16.1. The Hall–Kier alpha value is -1.51. The quantitative estimate of drug-likeness (QED) is 0.879. The minimum atomic E-state index is -0.352. The van der Waals surface area contributed by atoms with Gasteiger partial charge in [-0.05, 0) is 49.3 Å². The van der Waals surface area contributed by atoms with Crippen LogP contribution in [0.15, 0.2) is 18.2 Å². The second-order valence-electron chi connectivity index (χ2n) is 6.29. The van der Waals surface area contributed by atoms with Crippen molar-refractivity contribution in [3.63, 3.8) is 0 Å². The van der Waals surface area contributed by atoms with E-state index in [9.17, 15) is 4.79 Å². The van der Waals surface area contributed by atoms with E-state index in [1.165, 1.54) is 25.7 Å². The van der Waals surface area contributed by atoms with Gasteiger partial charge in [0.1, 0.15) is 0 Å². The first-order valence-electron chi connectivity index (χ1n) is 7.66. The van der Waals surface area contributed by atoms with Crippen LogP contribution in [0, 0.1) is 18.8 Å². The van der Waals surface area contributed by atoms with Crippen molar-refractivity contribution in [3.05, 3.63) is 29.3 Å². The molecule has 0 saturated heterocycles. The summed E-state index contributed by atoms with van der Waals surface area (Å²) in [5.74, 6) is 1.04. The Bertz CT molecular complexity index is 482. The van der Waals surface area contributed by atoms with E-state index in [0.717, 1.165) is 11.3 Å². The summed E-state index contributed by atoms with van der Waals surface area (Å²) in [6.45, 7) is 6.57. The van der Waals surface area contributed by atoms with E-state index in [4.69, 9.17) is 5.73 Å². The fraction of sp³-hybridized carbons (Fsp3) is 0.588. The molecule has 1 amide bonds. The van der Waals surface area contributed by atoms with Gasteiger partial charge >= 0.3 is 0 Å². The predicted molar refractivity (Wildman–Crippen MR) is 83.9 cm³/mol. The Labute approximate surface area is 121 Å². The van der Waals surface area contributed by atoms with Crippen LogP contribution in [-0.4, -0.2) is 11.9 Å². The highest BCUT2D eigenvalue weighted by Crippen LogP contribution is 2.33. The molecule has 110 valence electrons. The smallest absolute Gasteiger partial charge is 0.249 e. The van der Waals surface area contributed by atoms with Crippen molar-refractivity contribution in [2.24, 2.45) is 17.6 Å². The summed E-state index contributed by atoms with van der Waals surface area (Å²) in [5, 5.41) is 3.67. The summed E-state index contributed by atoms with van der Waals surface area (Å²) in [6.07, 6.45) is 5.13. The van der Waals surface area contributed by atoms with Crippen molar-refractivity contribution < 1.29 is 4.79 Å². The van der Waals surface area contributed by atoms with Gasteiger partial charge in [0, 0.05) is 17.3 Å². The van der Waals surface area contributed by atoms with Gasteiger partial charge in [-0.3, -0.25) is 4.79 Å². The molecule has 0 aliphatic heterocycles. The number of rotatable bonds is 4. The van der Waals surface area contributed by atoms with Crippen LogP contribution in [-0.2, 0) is 0 Å². The largest absolute Gasteiger partial charge is 0.382 e. The van der Waals surface area contributed by atoms with Gasteiger partial charge in [-0.15, -0.1) is 0 Å². The van der Waals surface area contributed by atoms with E-state index < -0.39 is 0 Å². The standard InChI is InChI=1S/C17H26N2O/c1-11(2)13-7-4-5-9-16(13)19-15-10-6-8-14(12(15)3)17(18)20/h6,8,10-11,13,16,19H,4-5,7,9H2,1-3H3,(H2,18,20). The van der Waals surface area contributed by atoms with Crippen molar-refractivity contribution in [1.82, 2.24) is 0 Å². The molecule has 2 atom stereocenters. The second-order valence-corrected chi connectivity index (χ2v) is 6.29. The molecule has 1 aromatic carbocycles. The zero-order chi connectivity index (χ0) is 14.7. The van der Waals surface area contributed by atoms with Gasteiger partial charge < -0.3 is 11.1 Å². The molecule has 1 aliphatic carbocycles. The number of carbonyl (C=O) groups is 1. The summed E-state index contributed by atoms with van der Waals surface area (Å²) < 4.78 is 0. The Morgan fingerprint density at radius 1 is 1.30 bits per heavy atom. The molecule has 1 fully saturated rings. The molecular formula is C17H26N2O. The molecule has 2 unspecified atom stereocenters. The fourth-order valence-electron chi connectivity index (χ4n) is 3.40. The number of nitrogens with two attached hydrogens (primary N) is 1. The molecule has 0 aromatic heterocycles. The van der Waals surface area contributed by atoms with Crippen molar-refractivity contribution >= 4 is 11.6 Å². The number of primary amides is 1. The van der Waals surface area contributed by atoms with Crippen LogP contribution in [0.1, 0.15) is 55.5 Å². The fourth-order valence-corrected chi connectivity index (χ4v) is 3.40. The molecule has 1 aliphatic rings. The topological polar surface area (TPSA) is 55.1 Å². The molecule has 0 radical (unpaired) electrons. The number of hydrogen-bond donors (Lipinski definition) is 2. The minimum Gasteiger partial charge on any atom is -0.382 e. The van der Waals surface area contributed by atoms with Gasteiger partial charge in [0.05, 0.1) is 0 Å². The normalized spacial score (nSPS) is 22.8. The summed E-state index contributed by atoms with van der Waals surface area (Å²) in [6, 6.07) is 6.26. The molecule has 0 spiro atoms. The summed E-state index contributed by atoms with van der Waals surface area (Å²) >= 11 is 0. The zero-order valence-electron chi connectivity index (χ0n) is 12.8. The van der Waals surface area contributed by atoms with Crippen LogP contribution in [0.4, 0.5) is 5.69 Å². The van der Waals surface area contributed by atoms with Gasteiger partial charge in [-0.1, -0.05) is 32.8 Å². The molecular weight excluding hydrogens is 248 g/mol. The highest BCUT2D eigenvalue weighted by molar-refractivity contribution is 5.95. The number of anilines is 1. The Kier molecular flexibility index (Phi) is 4.69. The molecule has 0 bridgehead atoms. The molecule has 1 saturated carbocycles. The van der Waals surface area contributed by atoms with Crippen LogP contribution in [0.3, 0.4) is 0 Å². The number of carbonyl (C=O) groups excluding carboxylic acids is 1. The Balaban J connectivity index is 2.20. The molecule has 1 aromatic rings. The van der Waals surface area contributed by atoms with Crippen molar-refractivity contribution in [2.45, 2.75) is 52.5 Å². The van der Waals surface area contributed by atoms with Crippen LogP contribution in [0.5, 0.6) is 0 Å². The SMILES string of the molecule is Cc1c(NC2CCCCC2C(C)C)cccc1C(N)=O. The summed E-state index contributed by atoms with van der Waals surface area (Å²) in [7, 11) is 0. The number of amides is 1. The number of hydrogen-bond acceptors (Lipinski definition) is 2. The maximum absolute atomic E-state index is 11.4. The molecule has 3 N–H and O–H groups in total. The van der Waals surface area contributed by atoms with Crippen molar-refractivity contribution in [2.75, 3.05) is 5.32 Å². The van der Waals surface area contributed by atoms with E-state index in [1.807, 2.05) is 19.1 Å². The molecule has 20 heavy (non-hydrogen) atoms. The first-order valence-corrected chi connectivity index (χ1v) is 7.66. The van der Waals surface area contributed by atoms with Crippen LogP contribution in [0.25, 0.3) is 0 Å². The lowest BCUT2D eigenvalue weighted by atomic mass is 9.77. The van der Waals surface area contributed by atoms with E-state index in [2.05, 4.69) is 19.2 Å². The van der Waals surface area contributed by atoms with Gasteiger partial charge in [0.2, 0.25) is 5.91 Å². The van der Waals surface area contributed by atoms with E-state index in [1.54, 1.807) is 6.07 Å². The zero-order valence-corrected chi connectivity index (χ0v) is 12.8. The number of nitrogens with one attached hydrogen (secondary N) is 1. The average molecular weight is 274 g/mol. The third-order valence-corrected chi connectivity index (χ3v) is 4.62. The van der Waals surface area contributed by atoms with Gasteiger partial charge in [0.25, 0.3) is 0 Å². The van der Waals surface area contributed by atoms with Crippen molar-refractivity contribution in [1.29, 1.82) is 0 Å². The molecule has 0 heterocycles. The van der Waals surface area contributed by atoms with Crippen molar-refractivity contribution in [3.8, 4) is 0 Å². The molecule has 3 nitrogen and oxygen atoms in total. The highest BCUT2D eigenvalue weighted by Gasteiger charge is 2.27. The van der Waals surface area contributed by atoms with Crippen LogP contribution in [0.2, 0.25) is 0 Å². The lowest BCUT2D eigenvalue weighted by Crippen LogP contribution is -2.35. The van der Waals surface area contributed by atoms with Crippen LogP contribution < -0.4 is 11.1 Å². The van der Waals surface area contributed by atoms with E-state index in [0.29, 0.717) is 23.4 Å². The monoisotopic (exact) mass is 274 g/mol. The molecule has 3 heteroatoms. The second kappa shape index (κ2) is 6.29. The van der Waals surface area contributed by atoms with Crippen LogP contribution >= 0.6 is 0 Å². The third-order valence-electron chi connectivity index (χ3n) is 4.62.